The average molecular weight is 437 g/mol. The maximum Gasteiger partial charge on any atom is 0.408 e. The van der Waals surface area contributed by atoms with E-state index >= 15 is 0 Å². The number of rotatable bonds is 5. The number of ether oxygens (including phenoxy) is 1. The third-order valence-electron chi connectivity index (χ3n) is 5.05. The maximum absolute atomic E-state index is 12.4. The number of nitrogens with two attached hydrogens (primary N) is 1. The number of nitrogens with zero attached hydrogens (tertiary/aromatic N) is 3. The van der Waals surface area contributed by atoms with E-state index in [2.05, 4.69) is 37.7 Å². The van der Waals surface area contributed by atoms with E-state index in [-0.39, 0.29) is 12.1 Å². The van der Waals surface area contributed by atoms with Crippen molar-refractivity contribution in [2.45, 2.75) is 58.1 Å². The Morgan fingerprint density at radius 3 is 2.81 bits per heavy atom. The predicted octanol–water partition coefficient (Wildman–Crippen LogP) is 4.35. The lowest BCUT2D eigenvalue weighted by Gasteiger charge is -2.24. The Kier molecular flexibility index (Phi) is 7.45. The van der Waals surface area contributed by atoms with E-state index in [1.165, 1.54) is 11.8 Å². The molecular formula is C24H32N6O2. The van der Waals surface area contributed by atoms with Crippen molar-refractivity contribution < 1.29 is 9.53 Å². The molecule has 0 fully saturated rings. The summed E-state index contributed by atoms with van der Waals surface area (Å²) in [6.45, 7) is 5.60. The van der Waals surface area contributed by atoms with Gasteiger partial charge in [0.1, 0.15) is 5.60 Å². The van der Waals surface area contributed by atoms with Gasteiger partial charge in [0.15, 0.2) is 0 Å². The Hall–Kier alpha value is -3.42. The molecule has 32 heavy (non-hydrogen) atoms. The standard InChI is InChI=1S/C24H32N6O2/c1-24(2,3)32-23(31)30-21-8-6-5-7-16-13-17(9-10-19(16)21)20-11-12-27-22(29-20)28-18(14-25)15-26-4/h9-15,21H,5-8,25H2,1-4H3,(H,30,31)(H,27,28,29)/b18-14+,26-15?. The summed E-state index contributed by atoms with van der Waals surface area (Å²) in [4.78, 5) is 25.2. The molecule has 0 aliphatic heterocycles. The van der Waals surface area contributed by atoms with Gasteiger partial charge < -0.3 is 21.1 Å². The van der Waals surface area contributed by atoms with Crippen LogP contribution in [0.4, 0.5) is 10.7 Å². The van der Waals surface area contributed by atoms with Crippen molar-refractivity contribution in [2.75, 3.05) is 12.4 Å². The number of hydrogen-bond donors (Lipinski definition) is 3. The average Bonchev–Trinajstić information content (AvgIpc) is 2.94. The van der Waals surface area contributed by atoms with Gasteiger partial charge in [-0.25, -0.2) is 14.8 Å². The number of benzene rings is 1. The molecule has 0 saturated heterocycles. The van der Waals surface area contributed by atoms with Crippen molar-refractivity contribution in [2.24, 2.45) is 10.7 Å². The topological polar surface area (TPSA) is 115 Å². The summed E-state index contributed by atoms with van der Waals surface area (Å²) >= 11 is 0. The minimum Gasteiger partial charge on any atom is -0.444 e. The number of aromatic nitrogens is 2. The number of aliphatic imine (C=N–C) groups is 1. The minimum absolute atomic E-state index is 0.0652. The monoisotopic (exact) mass is 436 g/mol. The molecule has 0 radical (unpaired) electrons. The lowest BCUT2D eigenvalue weighted by atomic mass is 9.96. The molecule has 8 nitrogen and oxygen atoms in total. The minimum atomic E-state index is -0.526. The van der Waals surface area contributed by atoms with Gasteiger partial charge in [0.25, 0.3) is 0 Å². The van der Waals surface area contributed by atoms with Gasteiger partial charge in [-0.1, -0.05) is 18.6 Å². The van der Waals surface area contributed by atoms with Crippen molar-refractivity contribution in [3.8, 4) is 11.3 Å². The lowest BCUT2D eigenvalue weighted by molar-refractivity contribution is 0.0501. The van der Waals surface area contributed by atoms with Crippen molar-refractivity contribution >= 4 is 18.3 Å². The van der Waals surface area contributed by atoms with Crippen LogP contribution in [0.1, 0.15) is 57.2 Å². The molecule has 8 heteroatoms. The number of allylic oxidation sites excluding steroid dienone is 1. The van der Waals surface area contributed by atoms with E-state index in [0.717, 1.165) is 42.5 Å². The van der Waals surface area contributed by atoms with E-state index in [1.54, 1.807) is 19.5 Å². The highest BCUT2D eigenvalue weighted by Gasteiger charge is 2.24. The zero-order valence-electron chi connectivity index (χ0n) is 19.2. The van der Waals surface area contributed by atoms with Gasteiger partial charge in [-0.15, -0.1) is 0 Å². The molecule has 1 amide bonds. The summed E-state index contributed by atoms with van der Waals surface area (Å²) in [6, 6.07) is 8.09. The van der Waals surface area contributed by atoms with Gasteiger partial charge in [0.05, 0.1) is 17.4 Å². The third-order valence-corrected chi connectivity index (χ3v) is 5.05. The largest absolute Gasteiger partial charge is 0.444 e. The van der Waals surface area contributed by atoms with Crippen LogP contribution >= 0.6 is 0 Å². The van der Waals surface area contributed by atoms with Gasteiger partial charge in [-0.3, -0.25) is 4.99 Å². The number of anilines is 1. The Balaban J connectivity index is 1.84. The van der Waals surface area contributed by atoms with Gasteiger partial charge in [0.2, 0.25) is 5.95 Å². The second kappa shape index (κ2) is 10.3. The predicted molar refractivity (Wildman–Crippen MR) is 127 cm³/mol. The molecule has 2 aromatic rings. The highest BCUT2D eigenvalue weighted by Crippen LogP contribution is 2.32. The molecule has 1 heterocycles. The molecule has 3 rings (SSSR count). The normalized spacial score (nSPS) is 16.9. The zero-order valence-corrected chi connectivity index (χ0v) is 19.2. The number of amides is 1. The molecule has 1 aromatic heterocycles. The Morgan fingerprint density at radius 2 is 2.09 bits per heavy atom. The SMILES string of the molecule is CN=C/C(=C\N)Nc1nccc(-c2ccc3c(c2)CCCCC3NC(=O)OC(C)(C)C)n1. The van der Waals surface area contributed by atoms with Crippen molar-refractivity contribution in [3.05, 3.63) is 53.5 Å². The summed E-state index contributed by atoms with van der Waals surface area (Å²) in [6.07, 6.45) is 8.31. The number of carbonyl (C=O) groups is 1. The van der Waals surface area contributed by atoms with E-state index in [1.807, 2.05) is 32.9 Å². The summed E-state index contributed by atoms with van der Waals surface area (Å²) in [5.41, 5.74) is 9.86. The zero-order chi connectivity index (χ0) is 23.1. The molecule has 1 atom stereocenters. The van der Waals surface area contributed by atoms with E-state index < -0.39 is 5.60 Å². The van der Waals surface area contributed by atoms with Gasteiger partial charge in [-0.05, 0) is 63.3 Å². The molecular weight excluding hydrogens is 404 g/mol. The Morgan fingerprint density at radius 1 is 1.28 bits per heavy atom. The van der Waals surface area contributed by atoms with Crippen LogP contribution in [0.15, 0.2) is 47.4 Å². The fourth-order valence-electron chi connectivity index (χ4n) is 3.71. The van der Waals surface area contributed by atoms with Crippen LogP contribution in [0.2, 0.25) is 0 Å². The number of alkyl carbamates (subject to hydrolysis) is 1. The number of fused-ring (bicyclic) bond motifs is 1. The number of nitrogens with one attached hydrogen (secondary N) is 2. The molecule has 0 bridgehead atoms. The van der Waals surface area contributed by atoms with Gasteiger partial charge in [-0.2, -0.15) is 0 Å². The summed E-state index contributed by atoms with van der Waals surface area (Å²) in [5, 5.41) is 6.12. The summed E-state index contributed by atoms with van der Waals surface area (Å²) in [5.74, 6) is 0.443. The fraction of sp³-hybridized carbons (Fsp3) is 0.417. The molecule has 0 saturated carbocycles. The first-order chi connectivity index (χ1) is 15.3. The molecule has 1 aliphatic rings. The maximum atomic E-state index is 12.4. The molecule has 1 aromatic carbocycles. The van der Waals surface area contributed by atoms with Gasteiger partial charge in [0, 0.05) is 31.2 Å². The molecule has 1 aliphatic carbocycles. The summed E-state index contributed by atoms with van der Waals surface area (Å²) in [7, 11) is 1.67. The first-order valence-corrected chi connectivity index (χ1v) is 10.9. The van der Waals surface area contributed by atoms with Crippen molar-refractivity contribution in [1.29, 1.82) is 0 Å². The Labute approximate surface area is 189 Å². The number of carbonyl (C=O) groups excluding carboxylic acids is 1. The quantitative estimate of drug-likeness (QED) is 0.474. The van der Waals surface area contributed by atoms with Crippen LogP contribution in [0.25, 0.3) is 11.3 Å². The highest BCUT2D eigenvalue weighted by molar-refractivity contribution is 5.82. The second-order valence-electron chi connectivity index (χ2n) is 8.76. The first kappa shape index (κ1) is 23.2. The van der Waals surface area contributed by atoms with Crippen LogP contribution in [0.5, 0.6) is 0 Å². The van der Waals surface area contributed by atoms with E-state index in [9.17, 15) is 4.79 Å². The first-order valence-electron chi connectivity index (χ1n) is 10.9. The van der Waals surface area contributed by atoms with Crippen molar-refractivity contribution in [3.63, 3.8) is 0 Å². The van der Waals surface area contributed by atoms with Crippen LogP contribution in [-0.4, -0.2) is 34.9 Å². The highest BCUT2D eigenvalue weighted by atomic mass is 16.6. The van der Waals surface area contributed by atoms with Crippen LogP contribution in [-0.2, 0) is 11.2 Å². The van der Waals surface area contributed by atoms with Gasteiger partial charge >= 0.3 is 6.09 Å². The number of hydrogen-bond acceptors (Lipinski definition) is 7. The summed E-state index contributed by atoms with van der Waals surface area (Å²) < 4.78 is 5.46. The second-order valence-corrected chi connectivity index (χ2v) is 8.76. The Bertz CT molecular complexity index is 1010. The smallest absolute Gasteiger partial charge is 0.408 e. The van der Waals surface area contributed by atoms with Crippen LogP contribution in [0, 0.1) is 0 Å². The molecule has 1 unspecified atom stereocenters. The molecule has 4 N–H and O–H groups in total. The van der Waals surface area contributed by atoms with E-state index in [0.29, 0.717) is 11.6 Å². The van der Waals surface area contributed by atoms with Crippen LogP contribution in [0.3, 0.4) is 0 Å². The lowest BCUT2D eigenvalue weighted by Crippen LogP contribution is -2.35. The number of aryl methyl sites for hydroxylation is 1. The van der Waals surface area contributed by atoms with E-state index in [4.69, 9.17) is 10.5 Å². The van der Waals surface area contributed by atoms with Crippen molar-refractivity contribution in [1.82, 2.24) is 15.3 Å². The molecule has 0 spiro atoms. The van der Waals surface area contributed by atoms with Crippen LogP contribution < -0.4 is 16.4 Å². The molecule has 170 valence electrons. The fourth-order valence-corrected chi connectivity index (χ4v) is 3.71. The third kappa shape index (κ3) is 6.29.